The SMILES string of the molecule is CCc1ccc(OC)c(C2(N=C=O)CCOCC2)c1. The van der Waals surface area contributed by atoms with E-state index in [1.165, 1.54) is 5.56 Å². The Hall–Kier alpha value is -1.64. The number of aliphatic imine (C=N–C) groups is 1. The summed E-state index contributed by atoms with van der Waals surface area (Å²) in [4.78, 5) is 14.9. The van der Waals surface area contributed by atoms with Crippen molar-refractivity contribution >= 4 is 6.08 Å². The molecule has 0 aromatic heterocycles. The van der Waals surface area contributed by atoms with Gasteiger partial charge >= 0.3 is 0 Å². The second-order valence-corrected chi connectivity index (χ2v) is 4.74. The van der Waals surface area contributed by atoms with Crippen LogP contribution >= 0.6 is 0 Å². The maximum Gasteiger partial charge on any atom is 0.235 e. The van der Waals surface area contributed by atoms with Crippen LogP contribution in [0.3, 0.4) is 0 Å². The van der Waals surface area contributed by atoms with Gasteiger partial charge in [0.05, 0.1) is 7.11 Å². The van der Waals surface area contributed by atoms with Gasteiger partial charge in [0.2, 0.25) is 6.08 Å². The van der Waals surface area contributed by atoms with E-state index in [1.807, 2.05) is 12.1 Å². The molecule has 0 spiro atoms. The smallest absolute Gasteiger partial charge is 0.235 e. The van der Waals surface area contributed by atoms with Gasteiger partial charge < -0.3 is 9.47 Å². The molecular formula is C15H19NO3. The molecule has 1 aromatic carbocycles. The highest BCUT2D eigenvalue weighted by Gasteiger charge is 2.37. The predicted molar refractivity (Wildman–Crippen MR) is 72.2 cm³/mol. The molecule has 0 unspecified atom stereocenters. The Labute approximate surface area is 113 Å². The van der Waals surface area contributed by atoms with Crippen LogP contribution in [0.4, 0.5) is 0 Å². The third kappa shape index (κ3) is 2.70. The summed E-state index contributed by atoms with van der Waals surface area (Å²) < 4.78 is 10.8. The van der Waals surface area contributed by atoms with Gasteiger partial charge in [0, 0.05) is 31.6 Å². The number of benzene rings is 1. The maximum absolute atomic E-state index is 10.8. The molecule has 0 radical (unpaired) electrons. The minimum Gasteiger partial charge on any atom is -0.496 e. The summed E-state index contributed by atoms with van der Waals surface area (Å²) in [6, 6.07) is 6.08. The highest BCUT2D eigenvalue weighted by molar-refractivity contribution is 5.46. The average molecular weight is 261 g/mol. The van der Waals surface area contributed by atoms with E-state index in [0.29, 0.717) is 26.1 Å². The molecule has 1 saturated heterocycles. The zero-order valence-electron chi connectivity index (χ0n) is 11.4. The minimum atomic E-state index is -0.545. The lowest BCUT2D eigenvalue weighted by Gasteiger charge is -2.33. The molecule has 1 fully saturated rings. The monoisotopic (exact) mass is 261 g/mol. The molecule has 2 rings (SSSR count). The first-order chi connectivity index (χ1) is 9.25. The Balaban J connectivity index is 2.53. The van der Waals surface area contributed by atoms with E-state index in [4.69, 9.17) is 9.47 Å². The molecule has 0 amide bonds. The summed E-state index contributed by atoms with van der Waals surface area (Å²) in [7, 11) is 1.64. The molecular weight excluding hydrogens is 242 g/mol. The highest BCUT2D eigenvalue weighted by Crippen LogP contribution is 2.41. The van der Waals surface area contributed by atoms with E-state index in [1.54, 1.807) is 13.2 Å². The molecule has 1 aromatic rings. The van der Waals surface area contributed by atoms with Crippen LogP contribution in [0.25, 0.3) is 0 Å². The van der Waals surface area contributed by atoms with Crippen molar-refractivity contribution in [2.75, 3.05) is 20.3 Å². The Morgan fingerprint density at radius 3 is 2.74 bits per heavy atom. The van der Waals surface area contributed by atoms with E-state index in [9.17, 15) is 4.79 Å². The number of carbonyl (C=O) groups excluding carboxylic acids is 1. The van der Waals surface area contributed by atoms with Crippen molar-refractivity contribution in [2.45, 2.75) is 31.7 Å². The zero-order chi connectivity index (χ0) is 13.7. The minimum absolute atomic E-state index is 0.545. The van der Waals surface area contributed by atoms with Gasteiger partial charge in [0.25, 0.3) is 0 Å². The first-order valence-electron chi connectivity index (χ1n) is 6.60. The van der Waals surface area contributed by atoms with Crippen LogP contribution < -0.4 is 4.74 Å². The summed E-state index contributed by atoms with van der Waals surface area (Å²) in [6.45, 7) is 3.31. The van der Waals surface area contributed by atoms with Crippen LogP contribution in [0.5, 0.6) is 5.75 Å². The maximum atomic E-state index is 10.8. The number of nitrogens with zero attached hydrogens (tertiary/aromatic N) is 1. The Kier molecular flexibility index (Phi) is 4.35. The zero-order valence-corrected chi connectivity index (χ0v) is 11.4. The van der Waals surface area contributed by atoms with Crippen molar-refractivity contribution in [1.82, 2.24) is 0 Å². The third-order valence-corrected chi connectivity index (χ3v) is 3.75. The lowest BCUT2D eigenvalue weighted by molar-refractivity contribution is 0.0523. The predicted octanol–water partition coefficient (Wildman–Crippen LogP) is 2.60. The van der Waals surface area contributed by atoms with Gasteiger partial charge in [-0.15, -0.1) is 0 Å². The Morgan fingerprint density at radius 2 is 2.16 bits per heavy atom. The van der Waals surface area contributed by atoms with Crippen LogP contribution in [0, 0.1) is 0 Å². The number of rotatable bonds is 4. The number of hydrogen-bond donors (Lipinski definition) is 0. The second-order valence-electron chi connectivity index (χ2n) is 4.74. The summed E-state index contributed by atoms with van der Waals surface area (Å²) in [5, 5.41) is 0. The van der Waals surface area contributed by atoms with E-state index in [0.717, 1.165) is 17.7 Å². The molecule has 4 heteroatoms. The normalized spacial score (nSPS) is 17.6. The lowest BCUT2D eigenvalue weighted by atomic mass is 9.82. The summed E-state index contributed by atoms with van der Waals surface area (Å²) in [6.07, 6.45) is 4.04. The van der Waals surface area contributed by atoms with Crippen LogP contribution in [-0.2, 0) is 21.5 Å². The Morgan fingerprint density at radius 1 is 1.42 bits per heavy atom. The molecule has 102 valence electrons. The largest absolute Gasteiger partial charge is 0.496 e. The first-order valence-corrected chi connectivity index (χ1v) is 6.60. The lowest BCUT2D eigenvalue weighted by Crippen LogP contribution is -2.32. The van der Waals surface area contributed by atoms with Crippen LogP contribution in [0.2, 0.25) is 0 Å². The van der Waals surface area contributed by atoms with Crippen LogP contribution in [-0.4, -0.2) is 26.4 Å². The van der Waals surface area contributed by atoms with E-state index < -0.39 is 5.54 Å². The molecule has 1 aliphatic rings. The standard InChI is InChI=1S/C15H19NO3/c1-3-12-4-5-14(18-2)13(10-12)15(16-11-17)6-8-19-9-7-15/h4-5,10H,3,6-9H2,1-2H3. The number of isocyanates is 1. The number of hydrogen-bond acceptors (Lipinski definition) is 4. The number of ether oxygens (including phenoxy) is 2. The highest BCUT2D eigenvalue weighted by atomic mass is 16.5. The van der Waals surface area contributed by atoms with Gasteiger partial charge in [-0.1, -0.05) is 13.0 Å². The molecule has 0 N–H and O–H groups in total. The van der Waals surface area contributed by atoms with Crippen molar-refractivity contribution in [3.63, 3.8) is 0 Å². The van der Waals surface area contributed by atoms with Crippen molar-refractivity contribution < 1.29 is 14.3 Å². The summed E-state index contributed by atoms with van der Waals surface area (Å²) in [5.74, 6) is 0.776. The number of aryl methyl sites for hydroxylation is 1. The first kappa shape index (κ1) is 13.8. The molecule has 1 heterocycles. The Bertz CT molecular complexity index is 486. The molecule has 0 bridgehead atoms. The van der Waals surface area contributed by atoms with E-state index in [-0.39, 0.29) is 0 Å². The van der Waals surface area contributed by atoms with E-state index >= 15 is 0 Å². The quantitative estimate of drug-likeness (QED) is 0.618. The van der Waals surface area contributed by atoms with Crippen LogP contribution in [0.1, 0.15) is 30.9 Å². The summed E-state index contributed by atoms with van der Waals surface area (Å²) >= 11 is 0. The molecule has 19 heavy (non-hydrogen) atoms. The average Bonchev–Trinajstić information content (AvgIpc) is 2.48. The van der Waals surface area contributed by atoms with Crippen molar-refractivity contribution in [3.8, 4) is 5.75 Å². The second kappa shape index (κ2) is 6.00. The van der Waals surface area contributed by atoms with Gasteiger partial charge in [-0.3, -0.25) is 0 Å². The molecule has 0 atom stereocenters. The van der Waals surface area contributed by atoms with Crippen molar-refractivity contribution in [3.05, 3.63) is 29.3 Å². The van der Waals surface area contributed by atoms with Crippen molar-refractivity contribution in [2.24, 2.45) is 4.99 Å². The molecule has 0 aliphatic carbocycles. The fourth-order valence-electron chi connectivity index (χ4n) is 2.58. The van der Waals surface area contributed by atoms with Gasteiger partial charge in [0.15, 0.2) is 0 Å². The molecule has 4 nitrogen and oxygen atoms in total. The topological polar surface area (TPSA) is 47.9 Å². The van der Waals surface area contributed by atoms with Gasteiger partial charge in [-0.25, -0.2) is 4.79 Å². The fraction of sp³-hybridized carbons (Fsp3) is 0.533. The molecule has 1 aliphatic heterocycles. The number of methoxy groups -OCH3 is 1. The van der Waals surface area contributed by atoms with Crippen LogP contribution in [0.15, 0.2) is 23.2 Å². The van der Waals surface area contributed by atoms with E-state index in [2.05, 4.69) is 18.0 Å². The van der Waals surface area contributed by atoms with Gasteiger partial charge in [0.1, 0.15) is 11.3 Å². The summed E-state index contributed by atoms with van der Waals surface area (Å²) in [5.41, 5.74) is 1.64. The van der Waals surface area contributed by atoms with Gasteiger partial charge in [-0.05, 0) is 24.1 Å². The third-order valence-electron chi connectivity index (χ3n) is 3.75. The van der Waals surface area contributed by atoms with Gasteiger partial charge in [-0.2, -0.15) is 4.99 Å². The molecule has 0 saturated carbocycles. The van der Waals surface area contributed by atoms with Crippen molar-refractivity contribution in [1.29, 1.82) is 0 Å². The fourth-order valence-corrected chi connectivity index (χ4v) is 2.58.